The number of ether oxygens (including phenoxy) is 3. The van der Waals surface area contributed by atoms with E-state index in [-0.39, 0.29) is 45.4 Å². The van der Waals surface area contributed by atoms with Gasteiger partial charge in [-0.3, -0.25) is 0 Å². The number of amides is 1. The molecule has 0 bridgehead atoms. The molecule has 1 aromatic heterocycles. The number of nitrogens with one attached hydrogen (secondary N) is 3. The largest absolute Gasteiger partial charge is 0.449 e. The second-order valence-corrected chi connectivity index (χ2v) is 22.2. The monoisotopic (exact) mass is 828 g/mol. The third-order valence-electron chi connectivity index (χ3n) is 8.68. The van der Waals surface area contributed by atoms with Crippen LogP contribution in [0.15, 0.2) is 64.3 Å². The molecule has 0 saturated carbocycles. The predicted octanol–water partition coefficient (Wildman–Crippen LogP) is 4.55. The first kappa shape index (κ1) is 42.0. The summed E-state index contributed by atoms with van der Waals surface area (Å²) in [4.78, 5) is 39.4. The van der Waals surface area contributed by atoms with Crippen molar-refractivity contribution in [1.29, 1.82) is 0 Å². The number of alkyl carbamates (subject to hydrolysis) is 1. The third-order valence-corrected chi connectivity index (χ3v) is 18.4. The van der Waals surface area contributed by atoms with Crippen LogP contribution in [0.4, 0.5) is 4.79 Å². The third kappa shape index (κ3) is 9.45. The van der Waals surface area contributed by atoms with Crippen molar-refractivity contribution in [1.82, 2.24) is 20.2 Å². The van der Waals surface area contributed by atoms with Crippen LogP contribution in [0.1, 0.15) is 43.1 Å². The molecule has 0 spiro atoms. The number of rotatable bonds is 19. The number of benzene rings is 2. The van der Waals surface area contributed by atoms with Crippen molar-refractivity contribution in [2.24, 2.45) is 0 Å². The van der Waals surface area contributed by atoms with Gasteiger partial charge in [0, 0.05) is 27.0 Å². The summed E-state index contributed by atoms with van der Waals surface area (Å²) in [5.74, 6) is 5.54. The molecule has 2 atom stereocenters. The molecule has 3 aromatic rings. The first-order chi connectivity index (χ1) is 26.5. The summed E-state index contributed by atoms with van der Waals surface area (Å²) >= 11 is 0. The van der Waals surface area contributed by atoms with E-state index >= 15 is 0 Å². The summed E-state index contributed by atoms with van der Waals surface area (Å²) in [5.41, 5.74) is 3.20. The second-order valence-electron chi connectivity index (χ2n) is 12.0. The molecule has 5 N–H and O–H groups in total. The molecule has 20 nitrogen and oxygen atoms in total. The number of carbonyl (C=O) groups excluding carboxylic acids is 1. The minimum Gasteiger partial charge on any atom is -0.449 e. The molecule has 0 unspecified atom stereocenters. The van der Waals surface area contributed by atoms with Crippen LogP contribution in [-0.2, 0) is 57.8 Å². The summed E-state index contributed by atoms with van der Waals surface area (Å²) in [5, 5.41) is 26.8. The summed E-state index contributed by atoms with van der Waals surface area (Å²) < 4.78 is 77.3. The van der Waals surface area contributed by atoms with Crippen LogP contribution < -0.4 is 21.9 Å². The minimum absolute atomic E-state index is 0. The Morgan fingerprint density at radius 1 is 0.964 bits per heavy atom. The number of aromatic amines is 1. The van der Waals surface area contributed by atoms with Gasteiger partial charge in [0.1, 0.15) is 6.61 Å². The molecule has 298 valence electrons. The number of carbonyl (C=O) groups is 1. The molecular weight excluding hydrogens is 789 g/mol. The normalized spacial score (nSPS) is 16.9. The number of fused-ring (bicyclic) bond motifs is 3. The van der Waals surface area contributed by atoms with Crippen LogP contribution in [0.25, 0.3) is 11.1 Å². The maximum atomic E-state index is 12.5. The van der Waals surface area contributed by atoms with Crippen LogP contribution in [0, 0.1) is 11.8 Å². The Bertz CT molecular complexity index is 2100. The smallest absolute Gasteiger partial charge is 0.104 e. The van der Waals surface area contributed by atoms with Crippen LogP contribution in [-0.4, -0.2) is 78.3 Å². The maximum Gasteiger partial charge on any atom is 0.104 e. The van der Waals surface area contributed by atoms with Crippen LogP contribution in [0.3, 0.4) is 0 Å². The van der Waals surface area contributed by atoms with Gasteiger partial charge in [0.25, 0.3) is 0 Å². The van der Waals surface area contributed by atoms with E-state index in [1.54, 1.807) is 0 Å². The number of hydrogen-bond acceptors (Lipinski definition) is 17. The second kappa shape index (κ2) is 19.1. The fourth-order valence-corrected chi connectivity index (χ4v) is 10.4. The Hall–Kier alpha value is -4.18. The van der Waals surface area contributed by atoms with Gasteiger partial charge in [0.15, 0.2) is 0 Å². The van der Waals surface area contributed by atoms with E-state index in [9.17, 15) is 32.6 Å². The molecule has 1 saturated heterocycles. The van der Waals surface area contributed by atoms with Gasteiger partial charge in [-0.15, -0.1) is 0 Å². The number of nitrogens with zero attached hydrogens (tertiary/aromatic N) is 1. The molecule has 2 heterocycles. The number of H-pyrrole nitrogens is 1. The molecule has 1 aliphatic heterocycles. The first-order valence-electron chi connectivity index (χ1n) is 16.7. The molecule has 2 aromatic carbocycles. The SMILES string of the molecule is O=C(NCCNCCOCC#CCc1cn([C@H]2CC[C@@H](COP(OO)(OOO)(P(=O)=O)P(=O)=O)O2)c(=O)[nH]c1=O)OCC1c2ccccc2-c2ccccc21.[HH]. The van der Waals surface area contributed by atoms with Gasteiger partial charge in [-0.05, 0) is 22.3 Å². The molecule has 23 heteroatoms. The van der Waals surface area contributed by atoms with Gasteiger partial charge in [-0.1, -0.05) is 48.5 Å². The molecule has 1 amide bonds. The minimum atomic E-state index is -6.48. The van der Waals surface area contributed by atoms with E-state index in [4.69, 9.17) is 29.2 Å². The average molecular weight is 829 g/mol. The molecule has 1 fully saturated rings. The standard InChI is InChI=1S/C32H37N4O16P3.H2/c37-30-22(19-36(31(38)35-30)29-13-12-23(49-29)20-48-55(51-41,52-50-40,53(42)43)54(44)45)7-5-6-17-46-18-16-33-14-15-34-32(39)47-21-28-26-10-3-1-8-24(26)25-9-2-4-11-27(25)28;/h1-4,8-11,19,23,28-29,33,40-41H,7,12-18,20-21H2,(H,34,39)(H,35,37,38);1H/t23-,29+;/m0./s1. The van der Waals surface area contributed by atoms with Crippen molar-refractivity contribution in [3.63, 3.8) is 0 Å². The van der Waals surface area contributed by atoms with E-state index in [1.807, 2.05) is 24.3 Å². The van der Waals surface area contributed by atoms with Crippen LogP contribution in [0.2, 0.25) is 0 Å². The summed E-state index contributed by atoms with van der Waals surface area (Å²) in [6, 6.07) is 16.2. The Labute approximate surface area is 314 Å². The van der Waals surface area contributed by atoms with Crippen molar-refractivity contribution < 1.29 is 68.1 Å². The summed E-state index contributed by atoms with van der Waals surface area (Å²) in [6.07, 6.45) is -1.13. The van der Waals surface area contributed by atoms with E-state index in [0.29, 0.717) is 26.2 Å². The van der Waals surface area contributed by atoms with Gasteiger partial charge in [-0.2, -0.15) is 0 Å². The molecule has 55 heavy (non-hydrogen) atoms. The molecular formula is C32H39N4O16P3. The zero-order valence-corrected chi connectivity index (χ0v) is 31.6. The Kier molecular flexibility index (Phi) is 14.6. The summed E-state index contributed by atoms with van der Waals surface area (Å²) in [7, 11) is -8.71. The molecule has 0 radical (unpaired) electrons. The Balaban J connectivity index is 0.00000696. The van der Waals surface area contributed by atoms with Gasteiger partial charge >= 0.3 is 179 Å². The average Bonchev–Trinajstić information content (AvgIpc) is 3.78. The van der Waals surface area contributed by atoms with E-state index in [0.717, 1.165) is 26.8 Å². The van der Waals surface area contributed by atoms with Crippen LogP contribution >= 0.6 is 21.4 Å². The number of hydrogen-bond donors (Lipinski definition) is 5. The number of aromatic nitrogens is 2. The van der Waals surface area contributed by atoms with E-state index in [2.05, 4.69) is 66.1 Å². The van der Waals surface area contributed by atoms with E-state index < -0.39 is 57.7 Å². The molecule has 2 aliphatic rings. The van der Waals surface area contributed by atoms with Crippen LogP contribution in [0.5, 0.6) is 0 Å². The van der Waals surface area contributed by atoms with E-state index in [1.165, 1.54) is 6.20 Å². The van der Waals surface area contributed by atoms with Gasteiger partial charge < -0.3 is 20.1 Å². The van der Waals surface area contributed by atoms with Gasteiger partial charge in [-0.25, -0.2) is 4.79 Å². The maximum absolute atomic E-state index is 12.5. The zero-order chi connectivity index (χ0) is 39.5. The zero-order valence-electron chi connectivity index (χ0n) is 28.9. The Morgan fingerprint density at radius 3 is 2.31 bits per heavy atom. The quantitative estimate of drug-likeness (QED) is 0.0364. The predicted molar refractivity (Wildman–Crippen MR) is 193 cm³/mol. The molecule has 5 rings (SSSR count). The first-order valence-corrected chi connectivity index (χ1v) is 22.4. The van der Waals surface area contributed by atoms with Gasteiger partial charge in [0.2, 0.25) is 0 Å². The fourth-order valence-electron chi connectivity index (χ4n) is 5.98. The van der Waals surface area contributed by atoms with Crippen molar-refractivity contribution >= 4 is 27.5 Å². The summed E-state index contributed by atoms with van der Waals surface area (Å²) in [6.45, 7) is -5.42. The van der Waals surface area contributed by atoms with Crippen molar-refractivity contribution in [2.75, 3.05) is 46.1 Å². The fraction of sp³-hybridized carbons (Fsp3) is 0.406. The van der Waals surface area contributed by atoms with Crippen molar-refractivity contribution in [3.05, 3.63) is 92.3 Å². The van der Waals surface area contributed by atoms with Crippen molar-refractivity contribution in [3.8, 4) is 23.0 Å². The van der Waals surface area contributed by atoms with Crippen molar-refractivity contribution in [2.45, 2.75) is 37.5 Å². The molecule has 1 aliphatic carbocycles. The Morgan fingerprint density at radius 2 is 1.65 bits per heavy atom. The topological polar surface area (TPSA) is 269 Å². The van der Waals surface area contributed by atoms with Gasteiger partial charge in [0.05, 0.1) is 6.61 Å².